The van der Waals surface area contributed by atoms with Crippen molar-refractivity contribution in [3.8, 4) is 0 Å². The Bertz CT molecular complexity index is 393. The molecule has 0 saturated heterocycles. The minimum atomic E-state index is -4.45. The van der Waals surface area contributed by atoms with Crippen LogP contribution >= 0.6 is 0 Å². The van der Waals surface area contributed by atoms with Crippen LogP contribution in [0.25, 0.3) is 0 Å². The van der Waals surface area contributed by atoms with Crippen molar-refractivity contribution in [1.82, 2.24) is 0 Å². The largest absolute Gasteiger partial charge is 0.418 e. The number of rotatable bonds is 5. The third-order valence-electron chi connectivity index (χ3n) is 2.68. The Morgan fingerprint density at radius 2 is 2.00 bits per heavy atom. The lowest BCUT2D eigenvalue weighted by Gasteiger charge is -2.24. The minimum Gasteiger partial charge on any atom is -0.398 e. The van der Waals surface area contributed by atoms with Gasteiger partial charge in [-0.2, -0.15) is 13.2 Å². The lowest BCUT2D eigenvalue weighted by atomic mass is 10.1. The van der Waals surface area contributed by atoms with E-state index < -0.39 is 11.7 Å². The van der Waals surface area contributed by atoms with Crippen LogP contribution in [0.5, 0.6) is 0 Å². The van der Waals surface area contributed by atoms with Crippen molar-refractivity contribution in [3.05, 3.63) is 23.8 Å². The summed E-state index contributed by atoms with van der Waals surface area (Å²) in [6.07, 6.45) is -3.93. The second-order valence-electron chi connectivity index (χ2n) is 3.93. The van der Waals surface area contributed by atoms with E-state index in [-0.39, 0.29) is 12.3 Å². The second-order valence-corrected chi connectivity index (χ2v) is 3.93. The van der Waals surface area contributed by atoms with Gasteiger partial charge in [0.15, 0.2) is 0 Å². The second kappa shape index (κ2) is 5.95. The molecule has 6 heteroatoms. The van der Waals surface area contributed by atoms with E-state index in [9.17, 15) is 13.2 Å². The monoisotopic (exact) mass is 262 g/mol. The first-order chi connectivity index (χ1) is 8.40. The zero-order chi connectivity index (χ0) is 13.8. The van der Waals surface area contributed by atoms with Crippen LogP contribution in [0.15, 0.2) is 18.2 Å². The molecule has 0 aliphatic carbocycles. The molecule has 3 N–H and O–H groups in total. The highest BCUT2D eigenvalue weighted by molar-refractivity contribution is 5.59. The van der Waals surface area contributed by atoms with Gasteiger partial charge in [-0.3, -0.25) is 0 Å². The zero-order valence-electron chi connectivity index (χ0n) is 10.2. The summed E-state index contributed by atoms with van der Waals surface area (Å²) in [5.41, 5.74) is 4.71. The van der Waals surface area contributed by atoms with Crippen LogP contribution in [-0.4, -0.2) is 24.8 Å². The molecule has 0 fully saturated rings. The molecule has 0 radical (unpaired) electrons. The third kappa shape index (κ3) is 3.53. The number of nitrogen functional groups attached to an aromatic ring is 1. The summed E-state index contributed by atoms with van der Waals surface area (Å²) >= 11 is 0. The predicted molar refractivity (Wildman–Crippen MR) is 65.4 cm³/mol. The van der Waals surface area contributed by atoms with E-state index in [4.69, 9.17) is 10.8 Å². The van der Waals surface area contributed by atoms with Crippen molar-refractivity contribution in [3.63, 3.8) is 0 Å². The van der Waals surface area contributed by atoms with Crippen LogP contribution in [0, 0.1) is 0 Å². The van der Waals surface area contributed by atoms with Crippen molar-refractivity contribution in [2.45, 2.75) is 19.5 Å². The summed E-state index contributed by atoms with van der Waals surface area (Å²) in [5, 5.41) is 8.76. The number of benzene rings is 1. The summed E-state index contributed by atoms with van der Waals surface area (Å²) in [6.45, 7) is 2.94. The number of aliphatic hydroxyl groups is 1. The lowest BCUT2D eigenvalue weighted by Crippen LogP contribution is -2.25. The van der Waals surface area contributed by atoms with E-state index >= 15 is 0 Å². The van der Waals surface area contributed by atoms with Crippen molar-refractivity contribution in [1.29, 1.82) is 0 Å². The summed E-state index contributed by atoms with van der Waals surface area (Å²) in [5.74, 6) is 0. The Balaban J connectivity index is 3.02. The average Bonchev–Trinajstić information content (AvgIpc) is 2.30. The molecule has 0 bridgehead atoms. The van der Waals surface area contributed by atoms with Gasteiger partial charge in [0.2, 0.25) is 0 Å². The maximum Gasteiger partial charge on any atom is 0.418 e. The average molecular weight is 262 g/mol. The molecular weight excluding hydrogens is 245 g/mol. The van der Waals surface area contributed by atoms with Gasteiger partial charge in [-0.1, -0.05) is 0 Å². The Kier molecular flexibility index (Phi) is 4.84. The van der Waals surface area contributed by atoms with Gasteiger partial charge >= 0.3 is 6.18 Å². The highest BCUT2D eigenvalue weighted by Crippen LogP contribution is 2.35. The highest BCUT2D eigenvalue weighted by Gasteiger charge is 2.33. The normalized spacial score (nSPS) is 11.6. The SMILES string of the molecule is CCN(CCCO)c1ccc(N)c(C(F)(F)F)c1. The molecule has 3 nitrogen and oxygen atoms in total. The first-order valence-corrected chi connectivity index (χ1v) is 5.72. The molecule has 0 heterocycles. The first kappa shape index (κ1) is 14.6. The van der Waals surface area contributed by atoms with Crippen LogP contribution < -0.4 is 10.6 Å². The van der Waals surface area contributed by atoms with E-state index in [1.54, 1.807) is 11.0 Å². The van der Waals surface area contributed by atoms with Crippen LogP contribution in [0.2, 0.25) is 0 Å². The number of anilines is 2. The number of aliphatic hydroxyl groups excluding tert-OH is 1. The van der Waals surface area contributed by atoms with Crippen molar-refractivity contribution >= 4 is 11.4 Å². The van der Waals surface area contributed by atoms with Gasteiger partial charge < -0.3 is 15.7 Å². The molecule has 0 aliphatic heterocycles. The number of halogens is 3. The summed E-state index contributed by atoms with van der Waals surface area (Å²) in [4.78, 5) is 1.77. The Labute approximate surface area is 104 Å². The van der Waals surface area contributed by atoms with Gasteiger partial charge in [0, 0.05) is 31.1 Å². The summed E-state index contributed by atoms with van der Waals surface area (Å²) in [6, 6.07) is 3.88. The predicted octanol–water partition coefficient (Wildman–Crippen LogP) is 2.50. The Morgan fingerprint density at radius 3 is 2.50 bits per heavy atom. The fraction of sp³-hybridized carbons (Fsp3) is 0.500. The van der Waals surface area contributed by atoms with E-state index in [0.29, 0.717) is 25.2 Å². The number of alkyl halides is 3. The maximum atomic E-state index is 12.7. The van der Waals surface area contributed by atoms with Gasteiger partial charge in [-0.05, 0) is 31.5 Å². The van der Waals surface area contributed by atoms with Crippen LogP contribution in [0.4, 0.5) is 24.5 Å². The van der Waals surface area contributed by atoms with Crippen LogP contribution in [-0.2, 0) is 6.18 Å². The van der Waals surface area contributed by atoms with Crippen LogP contribution in [0.1, 0.15) is 18.9 Å². The Morgan fingerprint density at radius 1 is 1.33 bits per heavy atom. The topological polar surface area (TPSA) is 49.5 Å². The van der Waals surface area contributed by atoms with Gasteiger partial charge in [0.05, 0.1) is 5.56 Å². The lowest BCUT2D eigenvalue weighted by molar-refractivity contribution is -0.136. The highest BCUT2D eigenvalue weighted by atomic mass is 19.4. The van der Waals surface area contributed by atoms with E-state index in [1.807, 2.05) is 6.92 Å². The molecule has 0 aromatic heterocycles. The fourth-order valence-corrected chi connectivity index (χ4v) is 1.72. The summed E-state index contributed by atoms with van der Waals surface area (Å²) < 4.78 is 38.1. The van der Waals surface area contributed by atoms with E-state index in [0.717, 1.165) is 6.07 Å². The van der Waals surface area contributed by atoms with Crippen LogP contribution in [0.3, 0.4) is 0 Å². The van der Waals surface area contributed by atoms with Crippen molar-refractivity contribution in [2.75, 3.05) is 30.3 Å². The molecule has 1 aromatic rings. The van der Waals surface area contributed by atoms with Crippen molar-refractivity contribution < 1.29 is 18.3 Å². The molecule has 0 atom stereocenters. The molecule has 1 rings (SSSR count). The number of hydrogen-bond acceptors (Lipinski definition) is 3. The molecule has 1 aromatic carbocycles. The molecule has 0 unspecified atom stereocenters. The fourth-order valence-electron chi connectivity index (χ4n) is 1.72. The van der Waals surface area contributed by atoms with Gasteiger partial charge in [0.25, 0.3) is 0 Å². The smallest absolute Gasteiger partial charge is 0.398 e. The quantitative estimate of drug-likeness (QED) is 0.801. The molecule has 18 heavy (non-hydrogen) atoms. The number of nitrogens with two attached hydrogens (primary N) is 1. The number of nitrogens with zero attached hydrogens (tertiary/aromatic N) is 1. The first-order valence-electron chi connectivity index (χ1n) is 5.72. The third-order valence-corrected chi connectivity index (χ3v) is 2.68. The molecule has 102 valence electrons. The molecule has 0 amide bonds. The van der Waals surface area contributed by atoms with E-state index in [1.165, 1.54) is 6.07 Å². The molecule has 0 saturated carbocycles. The molecule has 0 spiro atoms. The van der Waals surface area contributed by atoms with E-state index in [2.05, 4.69) is 0 Å². The zero-order valence-corrected chi connectivity index (χ0v) is 10.2. The maximum absolute atomic E-state index is 12.7. The molecule has 0 aliphatic rings. The standard InChI is InChI=1S/C12H17F3N2O/c1-2-17(6-3-7-18)9-4-5-11(16)10(8-9)12(13,14)15/h4-5,8,18H,2-3,6-7,16H2,1H3. The minimum absolute atomic E-state index is 0.0115. The number of hydrogen-bond donors (Lipinski definition) is 2. The van der Waals surface area contributed by atoms with Gasteiger partial charge in [-0.25, -0.2) is 0 Å². The molecular formula is C12H17F3N2O. The van der Waals surface area contributed by atoms with Crippen molar-refractivity contribution in [2.24, 2.45) is 0 Å². The van der Waals surface area contributed by atoms with Gasteiger partial charge in [-0.15, -0.1) is 0 Å². The Hall–Kier alpha value is -1.43. The summed E-state index contributed by atoms with van der Waals surface area (Å²) in [7, 11) is 0. The van der Waals surface area contributed by atoms with Gasteiger partial charge in [0.1, 0.15) is 0 Å².